The first kappa shape index (κ1) is 14.5. The molecule has 0 aromatic heterocycles. The van der Waals surface area contributed by atoms with Crippen molar-refractivity contribution in [2.45, 2.75) is 13.8 Å². The fraction of sp³-hybridized carbons (Fsp3) is 0.133. The molecule has 2 rings (SSSR count). The van der Waals surface area contributed by atoms with Gasteiger partial charge in [0, 0.05) is 15.7 Å². The van der Waals surface area contributed by atoms with Crippen molar-refractivity contribution >= 4 is 33.3 Å². The van der Waals surface area contributed by atoms with Crippen molar-refractivity contribution < 1.29 is 9.18 Å². The third kappa shape index (κ3) is 3.36. The molecule has 0 saturated carbocycles. The molecule has 0 aliphatic carbocycles. The maximum atomic E-state index is 13.4. The van der Waals surface area contributed by atoms with E-state index in [1.807, 2.05) is 19.1 Å². The molecule has 2 aromatic carbocycles. The number of hydrogen-bond acceptors (Lipinski definition) is 1. The molecular weight excluding hydrogens is 323 g/mol. The van der Waals surface area contributed by atoms with Crippen LogP contribution in [0.2, 0.25) is 0 Å². The average molecular weight is 337 g/mol. The van der Waals surface area contributed by atoms with Crippen LogP contribution in [0.3, 0.4) is 0 Å². The lowest BCUT2D eigenvalue weighted by Gasteiger charge is -2.11. The Morgan fingerprint density at radius 2 is 1.80 bits per heavy atom. The highest BCUT2D eigenvalue weighted by molar-refractivity contribution is 9.10. The molecule has 2 aromatic rings. The zero-order valence-corrected chi connectivity index (χ0v) is 12.7. The lowest BCUT2D eigenvalue weighted by molar-refractivity contribution is 0.262. The van der Waals surface area contributed by atoms with Gasteiger partial charge in [-0.2, -0.15) is 0 Å². The number of anilines is 2. The largest absolute Gasteiger partial charge is 0.323 e. The van der Waals surface area contributed by atoms with Crippen molar-refractivity contribution in [2.75, 3.05) is 10.6 Å². The Morgan fingerprint density at radius 1 is 1.10 bits per heavy atom. The van der Waals surface area contributed by atoms with Crippen molar-refractivity contribution in [1.82, 2.24) is 0 Å². The van der Waals surface area contributed by atoms with Gasteiger partial charge in [0.05, 0.1) is 5.69 Å². The Kier molecular flexibility index (Phi) is 4.39. The van der Waals surface area contributed by atoms with Gasteiger partial charge in [0.2, 0.25) is 0 Å². The molecule has 0 radical (unpaired) electrons. The fourth-order valence-electron chi connectivity index (χ4n) is 1.74. The lowest BCUT2D eigenvalue weighted by Crippen LogP contribution is -2.20. The quantitative estimate of drug-likeness (QED) is 0.808. The number of halogens is 2. The van der Waals surface area contributed by atoms with Gasteiger partial charge < -0.3 is 10.6 Å². The molecule has 3 nitrogen and oxygen atoms in total. The summed E-state index contributed by atoms with van der Waals surface area (Å²) in [6.07, 6.45) is 0. The van der Waals surface area contributed by atoms with Crippen LogP contribution in [0.5, 0.6) is 0 Å². The first-order valence-corrected chi connectivity index (χ1v) is 6.86. The molecule has 104 valence electrons. The smallest absolute Gasteiger partial charge is 0.307 e. The van der Waals surface area contributed by atoms with Crippen LogP contribution in [0.1, 0.15) is 11.1 Å². The van der Waals surface area contributed by atoms with Gasteiger partial charge in [0.15, 0.2) is 0 Å². The van der Waals surface area contributed by atoms with E-state index in [1.54, 1.807) is 25.1 Å². The molecule has 0 heterocycles. The van der Waals surface area contributed by atoms with Gasteiger partial charge in [0.25, 0.3) is 0 Å². The van der Waals surface area contributed by atoms with Gasteiger partial charge in [0.1, 0.15) is 5.82 Å². The van der Waals surface area contributed by atoms with E-state index in [-0.39, 0.29) is 5.82 Å². The fourth-order valence-corrected chi connectivity index (χ4v) is 2.33. The highest BCUT2D eigenvalue weighted by Crippen LogP contribution is 2.24. The first-order valence-electron chi connectivity index (χ1n) is 6.06. The van der Waals surface area contributed by atoms with E-state index in [0.29, 0.717) is 16.9 Å². The van der Waals surface area contributed by atoms with E-state index >= 15 is 0 Å². The van der Waals surface area contributed by atoms with Crippen LogP contribution in [-0.2, 0) is 0 Å². The zero-order valence-electron chi connectivity index (χ0n) is 11.1. The molecule has 0 fully saturated rings. The van der Waals surface area contributed by atoms with Crippen molar-refractivity contribution in [2.24, 2.45) is 0 Å². The van der Waals surface area contributed by atoms with Gasteiger partial charge >= 0.3 is 6.03 Å². The van der Waals surface area contributed by atoms with E-state index < -0.39 is 6.03 Å². The predicted molar refractivity (Wildman–Crippen MR) is 82.7 cm³/mol. The number of benzene rings is 2. The predicted octanol–water partition coefficient (Wildman–Crippen LogP) is 4.85. The number of hydrogen-bond donors (Lipinski definition) is 2. The summed E-state index contributed by atoms with van der Waals surface area (Å²) < 4.78 is 14.2. The van der Waals surface area contributed by atoms with Crippen LogP contribution in [-0.4, -0.2) is 6.03 Å². The van der Waals surface area contributed by atoms with Gasteiger partial charge in [-0.15, -0.1) is 0 Å². The molecule has 0 unspecified atom stereocenters. The van der Waals surface area contributed by atoms with Gasteiger partial charge in [-0.25, -0.2) is 9.18 Å². The standard InChI is InChI=1S/C15H14BrFN2O/c1-9-6-7-14(11(16)8-9)19-15(20)18-13-5-3-4-12(17)10(13)2/h3-8H,1-2H3,(H2,18,19,20). The van der Waals surface area contributed by atoms with Crippen LogP contribution in [0, 0.1) is 19.7 Å². The van der Waals surface area contributed by atoms with Gasteiger partial charge in [-0.05, 0) is 59.6 Å². The second-order valence-corrected chi connectivity index (χ2v) is 5.33. The summed E-state index contributed by atoms with van der Waals surface area (Å²) >= 11 is 3.38. The molecule has 20 heavy (non-hydrogen) atoms. The molecule has 0 atom stereocenters. The second kappa shape index (κ2) is 6.05. The van der Waals surface area contributed by atoms with Crippen LogP contribution in [0.4, 0.5) is 20.6 Å². The number of urea groups is 1. The number of aryl methyl sites for hydroxylation is 1. The number of carbonyl (C=O) groups is 1. The maximum absolute atomic E-state index is 13.4. The minimum atomic E-state index is -0.414. The van der Waals surface area contributed by atoms with E-state index in [1.165, 1.54) is 6.07 Å². The first-order chi connectivity index (χ1) is 9.47. The number of nitrogens with one attached hydrogen (secondary N) is 2. The zero-order chi connectivity index (χ0) is 14.7. The summed E-state index contributed by atoms with van der Waals surface area (Å²) in [5.41, 5.74) is 2.60. The van der Waals surface area contributed by atoms with Gasteiger partial charge in [-0.1, -0.05) is 12.1 Å². The molecule has 0 saturated heterocycles. The molecule has 0 aliphatic rings. The molecule has 5 heteroatoms. The molecule has 0 aliphatic heterocycles. The average Bonchev–Trinajstić information content (AvgIpc) is 2.38. The molecule has 0 bridgehead atoms. The minimum absolute atomic E-state index is 0.348. The normalized spacial score (nSPS) is 10.2. The van der Waals surface area contributed by atoms with Crippen LogP contribution >= 0.6 is 15.9 Å². The van der Waals surface area contributed by atoms with E-state index in [0.717, 1.165) is 10.0 Å². The second-order valence-electron chi connectivity index (χ2n) is 4.47. The SMILES string of the molecule is Cc1ccc(NC(=O)Nc2cccc(F)c2C)c(Br)c1. The highest BCUT2D eigenvalue weighted by atomic mass is 79.9. The van der Waals surface area contributed by atoms with E-state index in [4.69, 9.17) is 0 Å². The third-order valence-corrected chi connectivity index (χ3v) is 3.54. The highest BCUT2D eigenvalue weighted by Gasteiger charge is 2.09. The molecule has 2 N–H and O–H groups in total. The number of rotatable bonds is 2. The molecular formula is C15H14BrFN2O. The summed E-state index contributed by atoms with van der Waals surface area (Å²) in [6.45, 7) is 3.58. The summed E-state index contributed by atoms with van der Waals surface area (Å²) in [4.78, 5) is 11.9. The number of carbonyl (C=O) groups excluding carboxylic acids is 1. The Balaban J connectivity index is 2.11. The Hall–Kier alpha value is -1.88. The molecule has 0 spiro atoms. The minimum Gasteiger partial charge on any atom is -0.307 e. The maximum Gasteiger partial charge on any atom is 0.323 e. The van der Waals surface area contributed by atoms with E-state index in [9.17, 15) is 9.18 Å². The van der Waals surface area contributed by atoms with Crippen LogP contribution in [0.25, 0.3) is 0 Å². The summed E-state index contributed by atoms with van der Waals surface area (Å²) in [6, 6.07) is 9.76. The monoisotopic (exact) mass is 336 g/mol. The number of amides is 2. The van der Waals surface area contributed by atoms with Crippen molar-refractivity contribution in [3.05, 3.63) is 57.8 Å². The van der Waals surface area contributed by atoms with Crippen molar-refractivity contribution in [3.8, 4) is 0 Å². The summed E-state index contributed by atoms with van der Waals surface area (Å²) in [5.74, 6) is -0.348. The molecule has 2 amide bonds. The Labute approximate surface area is 125 Å². The van der Waals surface area contributed by atoms with Crippen LogP contribution < -0.4 is 10.6 Å². The topological polar surface area (TPSA) is 41.1 Å². The van der Waals surface area contributed by atoms with E-state index in [2.05, 4.69) is 26.6 Å². The lowest BCUT2D eigenvalue weighted by atomic mass is 10.2. The third-order valence-electron chi connectivity index (χ3n) is 2.89. The summed E-state index contributed by atoms with van der Waals surface area (Å²) in [5, 5.41) is 5.34. The van der Waals surface area contributed by atoms with Crippen molar-refractivity contribution in [3.63, 3.8) is 0 Å². The van der Waals surface area contributed by atoms with Crippen molar-refractivity contribution in [1.29, 1.82) is 0 Å². The van der Waals surface area contributed by atoms with Crippen LogP contribution in [0.15, 0.2) is 40.9 Å². The summed E-state index contributed by atoms with van der Waals surface area (Å²) in [7, 11) is 0. The Morgan fingerprint density at radius 3 is 2.50 bits per heavy atom. The van der Waals surface area contributed by atoms with Gasteiger partial charge in [-0.3, -0.25) is 0 Å². The Bertz CT molecular complexity index is 658.